The number of benzene rings is 2. The number of rotatable bonds is 1. The van der Waals surface area contributed by atoms with Crippen LogP contribution in [0.15, 0.2) is 35.2 Å². The number of fused-ring (bicyclic) bond motifs is 1. The molecule has 0 N–H and O–H groups in total. The minimum absolute atomic E-state index is 0.0285. The van der Waals surface area contributed by atoms with Crippen LogP contribution in [0.3, 0.4) is 0 Å². The average molecular weight is 296 g/mol. The van der Waals surface area contributed by atoms with Crippen molar-refractivity contribution in [1.82, 2.24) is 0 Å². The quantitative estimate of drug-likeness (QED) is 0.743. The van der Waals surface area contributed by atoms with Crippen LogP contribution in [-0.2, 0) is 9.05 Å². The van der Waals surface area contributed by atoms with Crippen molar-refractivity contribution in [3.05, 3.63) is 40.4 Å². The molecule has 0 unspecified atom stereocenters. The predicted octanol–water partition coefficient (Wildman–Crippen LogP) is 4.07. The molecule has 0 saturated carbocycles. The van der Waals surface area contributed by atoms with Crippen LogP contribution in [0.25, 0.3) is 10.8 Å². The second kappa shape index (κ2) is 4.08. The van der Waals surface area contributed by atoms with E-state index in [0.29, 0.717) is 20.8 Å². The van der Waals surface area contributed by atoms with Gasteiger partial charge in [0.25, 0.3) is 9.05 Å². The van der Waals surface area contributed by atoms with Crippen LogP contribution in [0.2, 0.25) is 10.0 Å². The topological polar surface area (TPSA) is 34.1 Å². The zero-order valence-corrected chi connectivity index (χ0v) is 10.8. The van der Waals surface area contributed by atoms with Crippen molar-refractivity contribution in [1.29, 1.82) is 0 Å². The van der Waals surface area contributed by atoms with Crippen LogP contribution >= 0.6 is 33.9 Å². The van der Waals surface area contributed by atoms with Crippen molar-refractivity contribution in [2.24, 2.45) is 0 Å². The van der Waals surface area contributed by atoms with Crippen molar-refractivity contribution >= 4 is 53.7 Å². The summed E-state index contributed by atoms with van der Waals surface area (Å²) in [7, 11) is 1.49. The summed E-state index contributed by atoms with van der Waals surface area (Å²) in [6.07, 6.45) is 0. The molecule has 84 valence electrons. The predicted molar refractivity (Wildman–Crippen MR) is 67.0 cm³/mol. The molecule has 16 heavy (non-hydrogen) atoms. The van der Waals surface area contributed by atoms with Crippen LogP contribution < -0.4 is 0 Å². The van der Waals surface area contributed by atoms with Gasteiger partial charge < -0.3 is 0 Å². The first kappa shape index (κ1) is 12.0. The lowest BCUT2D eigenvalue weighted by molar-refractivity contribution is 0.610. The normalized spacial score (nSPS) is 11.9. The summed E-state index contributed by atoms with van der Waals surface area (Å²) in [5, 5.41) is 1.66. The Balaban J connectivity index is 3.04. The molecule has 0 saturated heterocycles. The van der Waals surface area contributed by atoms with Gasteiger partial charge in [0.1, 0.15) is 0 Å². The third-order valence-electron chi connectivity index (χ3n) is 2.16. The van der Waals surface area contributed by atoms with E-state index in [1.807, 2.05) is 0 Å². The van der Waals surface area contributed by atoms with Crippen molar-refractivity contribution < 1.29 is 8.42 Å². The summed E-state index contributed by atoms with van der Waals surface area (Å²) in [4.78, 5) is -0.0285. The Labute approximate surface area is 107 Å². The van der Waals surface area contributed by atoms with Gasteiger partial charge in [0, 0.05) is 31.5 Å². The molecule has 2 aromatic carbocycles. The van der Waals surface area contributed by atoms with Crippen molar-refractivity contribution in [2.45, 2.75) is 4.90 Å². The zero-order chi connectivity index (χ0) is 11.9. The Kier molecular flexibility index (Phi) is 3.05. The van der Waals surface area contributed by atoms with Crippen molar-refractivity contribution in [3.8, 4) is 0 Å². The third-order valence-corrected chi connectivity index (χ3v) is 4.17. The molecule has 2 rings (SSSR count). The molecule has 0 bridgehead atoms. The van der Waals surface area contributed by atoms with Gasteiger partial charge in [-0.1, -0.05) is 35.3 Å². The van der Waals surface area contributed by atoms with E-state index in [0.717, 1.165) is 0 Å². The third kappa shape index (κ3) is 2.00. The Morgan fingerprint density at radius 1 is 0.938 bits per heavy atom. The summed E-state index contributed by atoms with van der Waals surface area (Å²) in [6, 6.07) is 7.80. The SMILES string of the molecule is O=S(=O)(Cl)c1cccc2c(Cl)ccc(Cl)c12. The zero-order valence-electron chi connectivity index (χ0n) is 7.75. The van der Waals surface area contributed by atoms with Gasteiger partial charge in [-0.05, 0) is 18.2 Å². The highest BCUT2D eigenvalue weighted by atomic mass is 35.7. The molecule has 2 aromatic rings. The lowest BCUT2D eigenvalue weighted by Gasteiger charge is -2.06. The Hall–Kier alpha value is -0.480. The van der Waals surface area contributed by atoms with Crippen LogP contribution in [0.1, 0.15) is 0 Å². The van der Waals surface area contributed by atoms with Crippen LogP contribution in [0, 0.1) is 0 Å². The van der Waals surface area contributed by atoms with Gasteiger partial charge in [-0.25, -0.2) is 8.42 Å². The fourth-order valence-corrected chi connectivity index (χ4v) is 3.13. The van der Waals surface area contributed by atoms with E-state index in [-0.39, 0.29) is 4.90 Å². The molecule has 2 nitrogen and oxygen atoms in total. The summed E-state index contributed by atoms with van der Waals surface area (Å²) in [5.41, 5.74) is 0. The molecule has 0 aliphatic carbocycles. The van der Waals surface area contributed by atoms with Gasteiger partial charge >= 0.3 is 0 Å². The molecule has 0 aliphatic heterocycles. The van der Waals surface area contributed by atoms with Crippen LogP contribution in [0.4, 0.5) is 0 Å². The molecule has 0 aliphatic rings. The minimum Gasteiger partial charge on any atom is -0.207 e. The second-order valence-corrected chi connectivity index (χ2v) is 6.49. The van der Waals surface area contributed by atoms with Crippen molar-refractivity contribution in [2.75, 3.05) is 0 Å². The first-order chi connectivity index (χ1) is 7.41. The Morgan fingerprint density at radius 2 is 1.56 bits per heavy atom. The fraction of sp³-hybridized carbons (Fsp3) is 0. The van der Waals surface area contributed by atoms with Gasteiger partial charge in [-0.2, -0.15) is 0 Å². The maximum atomic E-state index is 11.4. The van der Waals surface area contributed by atoms with E-state index in [2.05, 4.69) is 0 Å². The first-order valence-corrected chi connectivity index (χ1v) is 7.29. The Morgan fingerprint density at radius 3 is 2.19 bits per heavy atom. The average Bonchev–Trinajstić information content (AvgIpc) is 2.22. The monoisotopic (exact) mass is 294 g/mol. The van der Waals surface area contributed by atoms with E-state index in [1.165, 1.54) is 12.1 Å². The van der Waals surface area contributed by atoms with Gasteiger partial charge in [-0.3, -0.25) is 0 Å². The molecule has 0 atom stereocenters. The molecule has 6 heteroatoms. The van der Waals surface area contributed by atoms with E-state index in [4.69, 9.17) is 33.9 Å². The standard InChI is InChI=1S/C10H5Cl3O2S/c11-7-4-5-8(12)10-6(7)2-1-3-9(10)16(13,14)15/h1-5H. The molecule has 0 amide bonds. The lowest BCUT2D eigenvalue weighted by atomic mass is 10.1. The fourth-order valence-electron chi connectivity index (χ4n) is 1.50. The number of hydrogen-bond donors (Lipinski definition) is 0. The van der Waals surface area contributed by atoms with Gasteiger partial charge in [0.15, 0.2) is 0 Å². The van der Waals surface area contributed by atoms with E-state index in [9.17, 15) is 8.42 Å². The highest BCUT2D eigenvalue weighted by molar-refractivity contribution is 8.14. The van der Waals surface area contributed by atoms with Gasteiger partial charge in [-0.15, -0.1) is 0 Å². The molecular formula is C10H5Cl3O2S. The summed E-state index contributed by atoms with van der Waals surface area (Å²) in [5.74, 6) is 0. The summed E-state index contributed by atoms with van der Waals surface area (Å²) in [6.45, 7) is 0. The van der Waals surface area contributed by atoms with Crippen molar-refractivity contribution in [3.63, 3.8) is 0 Å². The number of hydrogen-bond acceptors (Lipinski definition) is 2. The van der Waals surface area contributed by atoms with E-state index < -0.39 is 9.05 Å². The first-order valence-electron chi connectivity index (χ1n) is 4.22. The molecule has 0 spiro atoms. The van der Waals surface area contributed by atoms with Crippen LogP contribution in [-0.4, -0.2) is 8.42 Å². The van der Waals surface area contributed by atoms with E-state index >= 15 is 0 Å². The van der Waals surface area contributed by atoms with Crippen LogP contribution in [0.5, 0.6) is 0 Å². The second-order valence-electron chi connectivity index (χ2n) is 3.15. The Bertz CT molecular complexity index is 665. The van der Waals surface area contributed by atoms with E-state index in [1.54, 1.807) is 18.2 Å². The molecule has 0 heterocycles. The smallest absolute Gasteiger partial charge is 0.207 e. The molecule has 0 radical (unpaired) electrons. The molecule has 0 fully saturated rings. The highest BCUT2D eigenvalue weighted by Crippen LogP contribution is 2.35. The summed E-state index contributed by atoms with van der Waals surface area (Å²) < 4.78 is 22.7. The molecule has 0 aromatic heterocycles. The summed E-state index contributed by atoms with van der Waals surface area (Å²) >= 11 is 11.9. The van der Waals surface area contributed by atoms with Gasteiger partial charge in [0.2, 0.25) is 0 Å². The maximum Gasteiger partial charge on any atom is 0.261 e. The largest absolute Gasteiger partial charge is 0.261 e. The van der Waals surface area contributed by atoms with Gasteiger partial charge in [0.05, 0.1) is 4.90 Å². The maximum absolute atomic E-state index is 11.4. The minimum atomic E-state index is -3.84. The number of halogens is 3. The lowest BCUT2D eigenvalue weighted by Crippen LogP contribution is -1.92. The highest BCUT2D eigenvalue weighted by Gasteiger charge is 2.17. The molecular weight excluding hydrogens is 291 g/mol.